The third kappa shape index (κ3) is 5.96. The van der Waals surface area contributed by atoms with Crippen molar-refractivity contribution in [1.82, 2.24) is 4.90 Å². The Morgan fingerprint density at radius 3 is 2.77 bits per heavy atom. The van der Waals surface area contributed by atoms with Crippen molar-refractivity contribution < 1.29 is 32.5 Å². The molecule has 0 bridgehead atoms. The minimum atomic E-state index is -4.38. The zero-order valence-electron chi connectivity index (χ0n) is 16.6. The molecule has 1 saturated heterocycles. The SMILES string of the molecule is Cc1cc(OCc2cccc(C(F)(F)F)c2)ccc1C1CN(CCC(=O)O)CCO1. The molecule has 8 heteroatoms. The molecular formula is C22H24F3NO4. The summed E-state index contributed by atoms with van der Waals surface area (Å²) in [5.41, 5.74) is 1.68. The maximum atomic E-state index is 12.8. The van der Waals surface area contributed by atoms with Gasteiger partial charge in [0.1, 0.15) is 12.4 Å². The Kier molecular flexibility index (Phi) is 6.99. The highest BCUT2D eigenvalue weighted by Gasteiger charge is 2.30. The highest BCUT2D eigenvalue weighted by molar-refractivity contribution is 5.66. The fourth-order valence-electron chi connectivity index (χ4n) is 3.45. The molecule has 1 unspecified atom stereocenters. The fourth-order valence-corrected chi connectivity index (χ4v) is 3.45. The largest absolute Gasteiger partial charge is 0.489 e. The molecule has 162 valence electrons. The second-order valence-corrected chi connectivity index (χ2v) is 7.31. The molecule has 2 aromatic rings. The van der Waals surface area contributed by atoms with Gasteiger partial charge in [-0.2, -0.15) is 13.2 Å². The molecule has 2 aromatic carbocycles. The van der Waals surface area contributed by atoms with E-state index in [0.717, 1.165) is 23.3 Å². The third-order valence-corrected chi connectivity index (χ3v) is 5.04. The lowest BCUT2D eigenvalue weighted by molar-refractivity contribution is -0.138. The van der Waals surface area contributed by atoms with Gasteiger partial charge in [-0.1, -0.05) is 18.2 Å². The highest BCUT2D eigenvalue weighted by Crippen LogP contribution is 2.31. The van der Waals surface area contributed by atoms with E-state index in [4.69, 9.17) is 14.6 Å². The van der Waals surface area contributed by atoms with Gasteiger partial charge < -0.3 is 14.6 Å². The first-order valence-corrected chi connectivity index (χ1v) is 9.67. The number of rotatable bonds is 7. The Hall–Kier alpha value is -2.58. The number of aryl methyl sites for hydroxylation is 1. The summed E-state index contributed by atoms with van der Waals surface area (Å²) in [5.74, 6) is -0.260. The van der Waals surface area contributed by atoms with E-state index in [1.54, 1.807) is 12.1 Å². The lowest BCUT2D eigenvalue weighted by Gasteiger charge is -2.33. The monoisotopic (exact) mass is 423 g/mol. The van der Waals surface area contributed by atoms with Crippen molar-refractivity contribution >= 4 is 5.97 Å². The maximum Gasteiger partial charge on any atom is 0.416 e. The van der Waals surface area contributed by atoms with Gasteiger partial charge >= 0.3 is 12.1 Å². The van der Waals surface area contributed by atoms with E-state index in [2.05, 4.69) is 4.90 Å². The van der Waals surface area contributed by atoms with Crippen LogP contribution in [0.2, 0.25) is 0 Å². The quantitative estimate of drug-likeness (QED) is 0.714. The fraction of sp³-hybridized carbons (Fsp3) is 0.409. The summed E-state index contributed by atoms with van der Waals surface area (Å²) in [6.45, 7) is 4.27. The van der Waals surface area contributed by atoms with Crippen LogP contribution < -0.4 is 4.74 Å². The molecule has 3 rings (SSSR count). The molecule has 30 heavy (non-hydrogen) atoms. The van der Waals surface area contributed by atoms with Crippen LogP contribution in [0.25, 0.3) is 0 Å². The van der Waals surface area contributed by atoms with Gasteiger partial charge in [-0.25, -0.2) is 0 Å². The minimum Gasteiger partial charge on any atom is -0.489 e. The summed E-state index contributed by atoms with van der Waals surface area (Å²) in [6.07, 6.45) is -4.45. The number of benzene rings is 2. The molecular weight excluding hydrogens is 399 g/mol. The second kappa shape index (κ2) is 9.49. The van der Waals surface area contributed by atoms with Crippen molar-refractivity contribution in [1.29, 1.82) is 0 Å². The number of aliphatic carboxylic acids is 1. The third-order valence-electron chi connectivity index (χ3n) is 5.04. The molecule has 0 aromatic heterocycles. The van der Waals surface area contributed by atoms with Gasteiger partial charge in [0.05, 0.1) is 24.7 Å². The first-order valence-electron chi connectivity index (χ1n) is 9.67. The molecule has 0 saturated carbocycles. The van der Waals surface area contributed by atoms with E-state index in [1.807, 2.05) is 19.1 Å². The molecule has 1 N–H and O–H groups in total. The smallest absolute Gasteiger partial charge is 0.416 e. The predicted octanol–water partition coefficient (Wildman–Crippen LogP) is 4.44. The van der Waals surface area contributed by atoms with Gasteiger partial charge in [-0.15, -0.1) is 0 Å². The summed E-state index contributed by atoms with van der Waals surface area (Å²) in [7, 11) is 0. The van der Waals surface area contributed by atoms with Crippen LogP contribution in [0.3, 0.4) is 0 Å². The zero-order valence-corrected chi connectivity index (χ0v) is 16.6. The summed E-state index contributed by atoms with van der Waals surface area (Å²) in [5, 5.41) is 8.86. The number of ether oxygens (including phenoxy) is 2. The number of morpholine rings is 1. The van der Waals surface area contributed by atoms with E-state index in [-0.39, 0.29) is 19.1 Å². The summed E-state index contributed by atoms with van der Waals surface area (Å²) in [4.78, 5) is 12.9. The van der Waals surface area contributed by atoms with Crippen LogP contribution in [0.5, 0.6) is 5.75 Å². The van der Waals surface area contributed by atoms with Crippen LogP contribution in [0.15, 0.2) is 42.5 Å². The molecule has 0 spiro atoms. The number of nitrogens with zero attached hydrogens (tertiary/aromatic N) is 1. The average Bonchev–Trinajstić information content (AvgIpc) is 2.70. The molecule has 0 amide bonds. The summed E-state index contributed by atoms with van der Waals surface area (Å²) < 4.78 is 50.1. The first kappa shape index (κ1) is 22.1. The molecule has 0 radical (unpaired) electrons. The van der Waals surface area contributed by atoms with Crippen molar-refractivity contribution in [2.24, 2.45) is 0 Å². The average molecular weight is 423 g/mol. The van der Waals surface area contributed by atoms with Gasteiger partial charge in [-0.3, -0.25) is 9.69 Å². The van der Waals surface area contributed by atoms with E-state index in [1.165, 1.54) is 6.07 Å². The molecule has 1 aliphatic rings. The van der Waals surface area contributed by atoms with Crippen LogP contribution in [0.4, 0.5) is 13.2 Å². The van der Waals surface area contributed by atoms with Crippen molar-refractivity contribution in [3.8, 4) is 5.75 Å². The predicted molar refractivity (Wildman–Crippen MR) is 104 cm³/mol. The second-order valence-electron chi connectivity index (χ2n) is 7.31. The van der Waals surface area contributed by atoms with E-state index in [0.29, 0.717) is 37.6 Å². The lowest BCUT2D eigenvalue weighted by Crippen LogP contribution is -2.39. The Bertz CT molecular complexity index is 885. The molecule has 1 atom stereocenters. The van der Waals surface area contributed by atoms with Crippen molar-refractivity contribution in [3.63, 3.8) is 0 Å². The van der Waals surface area contributed by atoms with E-state index < -0.39 is 17.7 Å². The van der Waals surface area contributed by atoms with Gasteiger partial charge in [-0.05, 0) is 47.9 Å². The van der Waals surface area contributed by atoms with Gasteiger partial charge in [0.2, 0.25) is 0 Å². The lowest BCUT2D eigenvalue weighted by atomic mass is 10.0. The molecule has 0 aliphatic carbocycles. The number of carboxylic acid groups (broad SMARTS) is 1. The highest BCUT2D eigenvalue weighted by atomic mass is 19.4. The number of halogens is 3. The number of hydrogen-bond acceptors (Lipinski definition) is 4. The van der Waals surface area contributed by atoms with Crippen molar-refractivity contribution in [3.05, 3.63) is 64.7 Å². The molecule has 5 nitrogen and oxygen atoms in total. The number of carboxylic acids is 1. The van der Waals surface area contributed by atoms with Crippen LogP contribution in [-0.4, -0.2) is 42.2 Å². The summed E-state index contributed by atoms with van der Waals surface area (Å²) >= 11 is 0. The van der Waals surface area contributed by atoms with Gasteiger partial charge in [0.25, 0.3) is 0 Å². The normalized spacial score (nSPS) is 17.7. The Labute approximate surface area is 173 Å². The van der Waals surface area contributed by atoms with Crippen LogP contribution in [0.1, 0.15) is 34.8 Å². The number of hydrogen-bond donors (Lipinski definition) is 1. The number of carbonyl (C=O) groups is 1. The van der Waals surface area contributed by atoms with E-state index >= 15 is 0 Å². The van der Waals surface area contributed by atoms with Gasteiger partial charge in [0.15, 0.2) is 0 Å². The van der Waals surface area contributed by atoms with Crippen molar-refractivity contribution in [2.75, 3.05) is 26.2 Å². The van der Waals surface area contributed by atoms with Crippen LogP contribution in [0, 0.1) is 6.92 Å². The van der Waals surface area contributed by atoms with Crippen LogP contribution in [-0.2, 0) is 22.3 Å². The van der Waals surface area contributed by atoms with E-state index in [9.17, 15) is 18.0 Å². The Morgan fingerprint density at radius 2 is 2.07 bits per heavy atom. The number of alkyl halides is 3. The van der Waals surface area contributed by atoms with Gasteiger partial charge in [0, 0.05) is 19.6 Å². The molecule has 1 heterocycles. The van der Waals surface area contributed by atoms with Crippen molar-refractivity contribution in [2.45, 2.75) is 32.2 Å². The zero-order chi connectivity index (χ0) is 21.7. The summed E-state index contributed by atoms with van der Waals surface area (Å²) in [6, 6.07) is 10.6. The molecule has 1 fully saturated rings. The maximum absolute atomic E-state index is 12.8. The standard InChI is InChI=1S/C22H24F3NO4/c1-15-11-18(30-14-16-3-2-4-17(12-16)22(23,24)25)5-6-19(15)20-13-26(9-10-29-20)8-7-21(27)28/h2-6,11-12,20H,7-10,13-14H2,1H3,(H,27,28). The topological polar surface area (TPSA) is 59.0 Å². The molecule has 1 aliphatic heterocycles. The Morgan fingerprint density at radius 1 is 1.27 bits per heavy atom. The first-order chi connectivity index (χ1) is 14.2. The van der Waals surface area contributed by atoms with Crippen LogP contribution >= 0.6 is 0 Å². The minimum absolute atomic E-state index is 0.0333. The Balaban J connectivity index is 1.62.